The second-order valence-electron chi connectivity index (χ2n) is 7.11. The topological polar surface area (TPSA) is 73.3 Å². The van der Waals surface area contributed by atoms with Gasteiger partial charge in [0.05, 0.1) is 25.7 Å². The summed E-state index contributed by atoms with van der Waals surface area (Å²) in [7, 11) is 3.16. The second-order valence-corrected chi connectivity index (χ2v) is 9.16. The third kappa shape index (κ3) is 4.18. The van der Waals surface area contributed by atoms with Crippen molar-refractivity contribution >= 4 is 44.9 Å². The number of nitrogens with zero attached hydrogens (tertiary/aromatic N) is 2. The van der Waals surface area contributed by atoms with Crippen LogP contribution in [0.25, 0.3) is 10.2 Å². The molecule has 152 valence electrons. The number of aromatic nitrogens is 2. The van der Waals surface area contributed by atoms with Crippen LogP contribution in [0.1, 0.15) is 23.8 Å². The lowest BCUT2D eigenvalue weighted by atomic mass is 9.89. The second kappa shape index (κ2) is 8.59. The van der Waals surface area contributed by atoms with Crippen molar-refractivity contribution in [3.8, 4) is 11.5 Å². The molecule has 1 aromatic carbocycles. The Bertz CT molecular complexity index is 1050. The zero-order chi connectivity index (χ0) is 20.4. The number of fused-ring (bicyclic) bond motifs is 3. The molecule has 3 aromatic rings. The van der Waals surface area contributed by atoms with Gasteiger partial charge in [-0.05, 0) is 42.9 Å². The molecule has 0 saturated heterocycles. The lowest BCUT2D eigenvalue weighted by Crippen LogP contribution is -2.15. The lowest BCUT2D eigenvalue weighted by molar-refractivity contribution is -0.113. The maximum atomic E-state index is 12.6. The minimum atomic E-state index is -0.119. The van der Waals surface area contributed by atoms with Gasteiger partial charge in [-0.1, -0.05) is 18.7 Å². The summed E-state index contributed by atoms with van der Waals surface area (Å²) in [5.74, 6) is 2.10. The van der Waals surface area contributed by atoms with E-state index >= 15 is 0 Å². The zero-order valence-corrected chi connectivity index (χ0v) is 18.3. The number of carbonyl (C=O) groups excluding carboxylic acids is 1. The molecule has 0 radical (unpaired) electrons. The van der Waals surface area contributed by atoms with Gasteiger partial charge >= 0.3 is 0 Å². The Hall–Kier alpha value is -2.32. The summed E-state index contributed by atoms with van der Waals surface area (Å²) in [6, 6.07) is 5.32. The first-order chi connectivity index (χ1) is 14.1. The van der Waals surface area contributed by atoms with Gasteiger partial charge in [-0.2, -0.15) is 0 Å². The number of methoxy groups -OCH3 is 2. The fourth-order valence-electron chi connectivity index (χ4n) is 3.59. The van der Waals surface area contributed by atoms with Gasteiger partial charge in [0.2, 0.25) is 5.91 Å². The predicted octanol–water partition coefficient (Wildman–Crippen LogP) is 4.56. The molecule has 6 nitrogen and oxygen atoms in total. The molecule has 2 heterocycles. The van der Waals surface area contributed by atoms with Crippen LogP contribution in [0.15, 0.2) is 29.6 Å². The monoisotopic (exact) mass is 429 g/mol. The van der Waals surface area contributed by atoms with E-state index in [1.54, 1.807) is 50.1 Å². The molecular weight excluding hydrogens is 406 g/mol. The smallest absolute Gasteiger partial charge is 0.234 e. The van der Waals surface area contributed by atoms with Crippen LogP contribution in [-0.2, 0) is 17.6 Å². The number of anilines is 1. The Kier molecular flexibility index (Phi) is 5.91. The summed E-state index contributed by atoms with van der Waals surface area (Å²) in [4.78, 5) is 24.0. The highest BCUT2D eigenvalue weighted by Crippen LogP contribution is 2.40. The van der Waals surface area contributed by atoms with Gasteiger partial charge in [0.15, 0.2) is 0 Å². The predicted molar refractivity (Wildman–Crippen MR) is 118 cm³/mol. The van der Waals surface area contributed by atoms with Crippen LogP contribution < -0.4 is 14.8 Å². The number of hydrogen-bond donors (Lipinski definition) is 1. The Morgan fingerprint density at radius 2 is 2.17 bits per heavy atom. The fraction of sp³-hybridized carbons (Fsp3) is 0.381. The largest absolute Gasteiger partial charge is 0.497 e. The quantitative estimate of drug-likeness (QED) is 0.457. The van der Waals surface area contributed by atoms with Gasteiger partial charge in [-0.15, -0.1) is 11.3 Å². The van der Waals surface area contributed by atoms with Crippen molar-refractivity contribution in [2.45, 2.75) is 31.2 Å². The van der Waals surface area contributed by atoms with Crippen molar-refractivity contribution in [3.05, 3.63) is 35.0 Å². The van der Waals surface area contributed by atoms with Crippen LogP contribution >= 0.6 is 23.1 Å². The number of rotatable bonds is 6. The van der Waals surface area contributed by atoms with Gasteiger partial charge in [0.25, 0.3) is 0 Å². The van der Waals surface area contributed by atoms with E-state index in [0.717, 1.165) is 28.1 Å². The number of amides is 1. The number of ether oxygens (including phenoxy) is 2. The van der Waals surface area contributed by atoms with Crippen LogP contribution in [-0.4, -0.2) is 35.8 Å². The molecule has 1 aliphatic rings. The molecule has 2 aromatic heterocycles. The van der Waals surface area contributed by atoms with Crippen molar-refractivity contribution in [3.63, 3.8) is 0 Å². The standard InChI is InChI=1S/C21H23N3O3S2/c1-12-4-6-14-17(8-12)29-21-19(14)20(22-11-23-21)28-10-18(25)24-15-9-13(26-2)5-7-16(15)27-3/h5,7,9,11-12H,4,6,8,10H2,1-3H3,(H,24,25)/t12-/m1/s1. The van der Waals surface area contributed by atoms with Crippen LogP contribution in [0.5, 0.6) is 11.5 Å². The molecule has 1 amide bonds. The number of thioether (sulfide) groups is 1. The Balaban J connectivity index is 1.51. The van der Waals surface area contributed by atoms with Crippen molar-refractivity contribution in [1.82, 2.24) is 9.97 Å². The first-order valence-corrected chi connectivity index (χ1v) is 11.3. The number of carbonyl (C=O) groups is 1. The summed E-state index contributed by atoms with van der Waals surface area (Å²) >= 11 is 3.22. The van der Waals surface area contributed by atoms with Crippen molar-refractivity contribution in [2.24, 2.45) is 5.92 Å². The van der Waals surface area contributed by atoms with E-state index in [4.69, 9.17) is 9.47 Å². The third-order valence-electron chi connectivity index (χ3n) is 5.08. The zero-order valence-electron chi connectivity index (χ0n) is 16.7. The number of benzene rings is 1. The number of thiophene rings is 1. The number of aryl methyl sites for hydroxylation is 1. The summed E-state index contributed by atoms with van der Waals surface area (Å²) in [5.41, 5.74) is 1.97. The average Bonchev–Trinajstić information content (AvgIpc) is 3.10. The summed E-state index contributed by atoms with van der Waals surface area (Å²) < 4.78 is 10.6. The van der Waals surface area contributed by atoms with E-state index in [9.17, 15) is 4.79 Å². The summed E-state index contributed by atoms with van der Waals surface area (Å²) in [5, 5.41) is 4.93. The molecule has 0 fully saturated rings. The normalized spacial score (nSPS) is 15.8. The van der Waals surface area contributed by atoms with Crippen LogP contribution in [0.2, 0.25) is 0 Å². The summed E-state index contributed by atoms with van der Waals surface area (Å²) in [6.45, 7) is 2.30. The molecule has 0 aliphatic heterocycles. The molecule has 4 rings (SSSR count). The van der Waals surface area contributed by atoms with E-state index in [-0.39, 0.29) is 11.7 Å². The molecule has 0 bridgehead atoms. The minimum absolute atomic E-state index is 0.119. The van der Waals surface area contributed by atoms with Gasteiger partial charge in [-0.25, -0.2) is 9.97 Å². The van der Waals surface area contributed by atoms with Crippen molar-refractivity contribution < 1.29 is 14.3 Å². The lowest BCUT2D eigenvalue weighted by Gasteiger charge is -2.18. The van der Waals surface area contributed by atoms with Crippen LogP contribution in [0, 0.1) is 5.92 Å². The number of hydrogen-bond acceptors (Lipinski definition) is 7. The molecule has 1 N–H and O–H groups in total. The van der Waals surface area contributed by atoms with E-state index in [1.807, 2.05) is 0 Å². The molecule has 1 atom stereocenters. The Morgan fingerprint density at radius 1 is 1.31 bits per heavy atom. The van der Waals surface area contributed by atoms with Crippen LogP contribution in [0.3, 0.4) is 0 Å². The minimum Gasteiger partial charge on any atom is -0.497 e. The Labute approximate surface area is 178 Å². The van der Waals surface area contributed by atoms with Crippen molar-refractivity contribution in [1.29, 1.82) is 0 Å². The molecule has 1 aliphatic carbocycles. The Morgan fingerprint density at radius 3 is 2.97 bits per heavy atom. The average molecular weight is 430 g/mol. The maximum Gasteiger partial charge on any atom is 0.234 e. The van der Waals surface area contributed by atoms with Gasteiger partial charge in [-0.3, -0.25) is 4.79 Å². The van der Waals surface area contributed by atoms with Crippen molar-refractivity contribution in [2.75, 3.05) is 25.3 Å². The first kappa shape index (κ1) is 20.0. The molecule has 29 heavy (non-hydrogen) atoms. The molecule has 8 heteroatoms. The van der Waals surface area contributed by atoms with E-state index in [1.165, 1.54) is 28.6 Å². The highest BCUT2D eigenvalue weighted by Gasteiger charge is 2.23. The fourth-order valence-corrected chi connectivity index (χ4v) is 5.83. The van der Waals surface area contributed by atoms with Gasteiger partial charge in [0.1, 0.15) is 27.7 Å². The molecule has 0 saturated carbocycles. The van der Waals surface area contributed by atoms with E-state index in [0.29, 0.717) is 23.1 Å². The molecule has 0 spiro atoms. The number of nitrogens with one attached hydrogen (secondary N) is 1. The maximum absolute atomic E-state index is 12.6. The van der Waals surface area contributed by atoms with E-state index < -0.39 is 0 Å². The SMILES string of the molecule is COc1ccc(OC)c(NC(=O)CSc2ncnc3sc4c(c23)CC[C@@H](C)C4)c1. The first-order valence-electron chi connectivity index (χ1n) is 9.49. The highest BCUT2D eigenvalue weighted by molar-refractivity contribution is 8.00. The summed E-state index contributed by atoms with van der Waals surface area (Å²) in [6.07, 6.45) is 4.95. The van der Waals surface area contributed by atoms with Gasteiger partial charge in [0, 0.05) is 16.3 Å². The third-order valence-corrected chi connectivity index (χ3v) is 7.23. The molecular formula is C21H23N3O3S2. The highest BCUT2D eigenvalue weighted by atomic mass is 32.2. The van der Waals surface area contributed by atoms with Gasteiger partial charge < -0.3 is 14.8 Å². The van der Waals surface area contributed by atoms with Crippen LogP contribution in [0.4, 0.5) is 5.69 Å². The van der Waals surface area contributed by atoms with E-state index in [2.05, 4.69) is 22.2 Å². The molecule has 0 unspecified atom stereocenters.